The zero-order chi connectivity index (χ0) is 13.1. The molecule has 0 aromatic carbocycles. The molecule has 18 heavy (non-hydrogen) atoms. The number of hydrogen-bond acceptors (Lipinski definition) is 3. The SMILES string of the molecule is COC(C(=O)O)C1=CC=C(n2cccn2)C(C)C1. The van der Waals surface area contributed by atoms with Crippen molar-refractivity contribution in [2.45, 2.75) is 19.4 Å². The van der Waals surface area contributed by atoms with Gasteiger partial charge in [-0.15, -0.1) is 0 Å². The van der Waals surface area contributed by atoms with E-state index < -0.39 is 12.1 Å². The molecule has 96 valence electrons. The third-order valence-corrected chi connectivity index (χ3v) is 3.08. The van der Waals surface area contributed by atoms with Crippen molar-refractivity contribution in [1.29, 1.82) is 0 Å². The molecule has 2 atom stereocenters. The van der Waals surface area contributed by atoms with E-state index in [4.69, 9.17) is 9.84 Å². The molecule has 1 aromatic heterocycles. The highest BCUT2D eigenvalue weighted by molar-refractivity contribution is 5.77. The Morgan fingerprint density at radius 2 is 2.39 bits per heavy atom. The minimum absolute atomic E-state index is 0.210. The molecule has 0 amide bonds. The number of ether oxygens (including phenoxy) is 1. The van der Waals surface area contributed by atoms with Crippen molar-refractivity contribution in [3.05, 3.63) is 36.2 Å². The minimum atomic E-state index is -0.952. The van der Waals surface area contributed by atoms with Gasteiger partial charge in [0.1, 0.15) is 0 Å². The van der Waals surface area contributed by atoms with Gasteiger partial charge in [0, 0.05) is 31.1 Å². The number of carboxylic acid groups (broad SMARTS) is 1. The van der Waals surface area contributed by atoms with Crippen molar-refractivity contribution in [3.8, 4) is 0 Å². The lowest BCUT2D eigenvalue weighted by Gasteiger charge is -2.24. The summed E-state index contributed by atoms with van der Waals surface area (Å²) in [4.78, 5) is 11.0. The molecule has 0 aliphatic heterocycles. The smallest absolute Gasteiger partial charge is 0.337 e. The molecule has 5 heteroatoms. The number of carboxylic acids is 1. The molecule has 1 aliphatic rings. The summed E-state index contributed by atoms with van der Waals surface area (Å²) in [5, 5.41) is 13.2. The van der Waals surface area contributed by atoms with Crippen LogP contribution in [0, 0.1) is 5.92 Å². The largest absolute Gasteiger partial charge is 0.479 e. The lowest BCUT2D eigenvalue weighted by Crippen LogP contribution is -2.27. The number of hydrogen-bond donors (Lipinski definition) is 1. The van der Waals surface area contributed by atoms with Crippen LogP contribution in [-0.4, -0.2) is 34.1 Å². The molecular weight excluding hydrogens is 232 g/mol. The summed E-state index contributed by atoms with van der Waals surface area (Å²) < 4.78 is 6.81. The van der Waals surface area contributed by atoms with Gasteiger partial charge in [-0.1, -0.05) is 13.0 Å². The van der Waals surface area contributed by atoms with E-state index in [9.17, 15) is 4.79 Å². The zero-order valence-electron chi connectivity index (χ0n) is 10.4. The van der Waals surface area contributed by atoms with Crippen LogP contribution in [0.3, 0.4) is 0 Å². The molecule has 1 N–H and O–H groups in total. The van der Waals surface area contributed by atoms with Crippen molar-refractivity contribution >= 4 is 11.7 Å². The molecule has 5 nitrogen and oxygen atoms in total. The van der Waals surface area contributed by atoms with Gasteiger partial charge in [0.05, 0.1) is 0 Å². The number of carbonyl (C=O) groups is 1. The number of allylic oxidation sites excluding steroid dienone is 3. The van der Waals surface area contributed by atoms with E-state index in [1.807, 2.05) is 24.4 Å². The molecule has 0 fully saturated rings. The standard InChI is InChI=1S/C13H16N2O3/c1-9-8-10(12(18-2)13(16)17)4-5-11(9)15-7-3-6-14-15/h3-7,9,12H,8H2,1-2H3,(H,16,17). The molecule has 0 bridgehead atoms. The van der Waals surface area contributed by atoms with Crippen LogP contribution in [0.1, 0.15) is 13.3 Å². The topological polar surface area (TPSA) is 64.3 Å². The average molecular weight is 248 g/mol. The minimum Gasteiger partial charge on any atom is -0.479 e. The fraction of sp³-hybridized carbons (Fsp3) is 0.385. The van der Waals surface area contributed by atoms with Crippen LogP contribution >= 0.6 is 0 Å². The van der Waals surface area contributed by atoms with E-state index in [1.165, 1.54) is 7.11 Å². The molecule has 0 saturated carbocycles. The summed E-state index contributed by atoms with van der Waals surface area (Å²) in [6.07, 6.45) is 7.14. The number of nitrogens with zero attached hydrogens (tertiary/aromatic N) is 2. The normalized spacial score (nSPS) is 21.1. The predicted molar refractivity (Wildman–Crippen MR) is 66.8 cm³/mol. The molecule has 2 unspecified atom stereocenters. The van der Waals surface area contributed by atoms with Gasteiger partial charge < -0.3 is 9.84 Å². The Morgan fingerprint density at radius 1 is 1.61 bits per heavy atom. The second-order valence-corrected chi connectivity index (χ2v) is 4.34. The first-order valence-corrected chi connectivity index (χ1v) is 5.79. The Kier molecular flexibility index (Phi) is 3.62. The maximum absolute atomic E-state index is 11.0. The first-order chi connectivity index (χ1) is 8.63. The lowest BCUT2D eigenvalue weighted by molar-refractivity contribution is -0.146. The highest BCUT2D eigenvalue weighted by Gasteiger charge is 2.26. The Hall–Kier alpha value is -1.88. The molecular formula is C13H16N2O3. The fourth-order valence-electron chi connectivity index (χ4n) is 2.21. The predicted octanol–water partition coefficient (Wildman–Crippen LogP) is 1.79. The van der Waals surface area contributed by atoms with Crippen LogP contribution in [0.5, 0.6) is 0 Å². The van der Waals surface area contributed by atoms with E-state index in [2.05, 4.69) is 12.0 Å². The van der Waals surface area contributed by atoms with E-state index in [-0.39, 0.29) is 5.92 Å². The first kappa shape index (κ1) is 12.6. The number of methoxy groups -OCH3 is 1. The van der Waals surface area contributed by atoms with Crippen LogP contribution in [0.15, 0.2) is 36.2 Å². The van der Waals surface area contributed by atoms with Gasteiger partial charge in [-0.25, -0.2) is 9.48 Å². The second kappa shape index (κ2) is 5.18. The summed E-state index contributed by atoms with van der Waals surface area (Å²) in [7, 11) is 1.41. The average Bonchev–Trinajstić information content (AvgIpc) is 2.83. The van der Waals surface area contributed by atoms with Gasteiger partial charge in [-0.3, -0.25) is 0 Å². The molecule has 1 aliphatic carbocycles. The molecule has 0 saturated heterocycles. The van der Waals surface area contributed by atoms with E-state index in [0.29, 0.717) is 6.42 Å². The number of rotatable bonds is 4. The van der Waals surface area contributed by atoms with Gasteiger partial charge in [-0.2, -0.15) is 5.10 Å². The van der Waals surface area contributed by atoms with Crippen LogP contribution in [0.4, 0.5) is 0 Å². The zero-order valence-corrected chi connectivity index (χ0v) is 10.4. The van der Waals surface area contributed by atoms with Crippen LogP contribution < -0.4 is 0 Å². The van der Waals surface area contributed by atoms with Gasteiger partial charge in [0.15, 0.2) is 6.10 Å². The Morgan fingerprint density at radius 3 is 2.89 bits per heavy atom. The Bertz CT molecular complexity index is 488. The second-order valence-electron chi connectivity index (χ2n) is 4.34. The maximum atomic E-state index is 11.0. The van der Waals surface area contributed by atoms with Gasteiger partial charge in [0.2, 0.25) is 0 Å². The third kappa shape index (κ3) is 2.36. The third-order valence-electron chi connectivity index (χ3n) is 3.08. The van der Waals surface area contributed by atoms with E-state index >= 15 is 0 Å². The summed E-state index contributed by atoms with van der Waals surface area (Å²) >= 11 is 0. The quantitative estimate of drug-likeness (QED) is 0.882. The van der Waals surface area contributed by atoms with Crippen molar-refractivity contribution in [1.82, 2.24) is 9.78 Å². The van der Waals surface area contributed by atoms with Crippen LogP contribution in [0.25, 0.3) is 5.70 Å². The van der Waals surface area contributed by atoms with Crippen LogP contribution in [-0.2, 0) is 9.53 Å². The maximum Gasteiger partial charge on any atom is 0.337 e. The fourth-order valence-corrected chi connectivity index (χ4v) is 2.21. The van der Waals surface area contributed by atoms with E-state index in [0.717, 1.165) is 11.3 Å². The summed E-state index contributed by atoms with van der Waals surface area (Å²) in [6.45, 7) is 2.05. The number of aromatic nitrogens is 2. The van der Waals surface area contributed by atoms with Crippen molar-refractivity contribution in [2.24, 2.45) is 5.92 Å². The molecule has 2 rings (SSSR count). The summed E-state index contributed by atoms with van der Waals surface area (Å²) in [6, 6.07) is 1.86. The van der Waals surface area contributed by atoms with Gasteiger partial charge >= 0.3 is 5.97 Å². The first-order valence-electron chi connectivity index (χ1n) is 5.79. The number of aliphatic carboxylic acids is 1. The molecule has 1 heterocycles. The Labute approximate surface area is 105 Å². The molecule has 0 radical (unpaired) electrons. The Balaban J connectivity index is 2.26. The van der Waals surface area contributed by atoms with Gasteiger partial charge in [0.25, 0.3) is 0 Å². The summed E-state index contributed by atoms with van der Waals surface area (Å²) in [5.41, 5.74) is 1.84. The van der Waals surface area contributed by atoms with Crippen molar-refractivity contribution < 1.29 is 14.6 Å². The van der Waals surface area contributed by atoms with E-state index in [1.54, 1.807) is 10.9 Å². The highest BCUT2D eigenvalue weighted by atomic mass is 16.5. The lowest BCUT2D eigenvalue weighted by atomic mass is 9.90. The summed E-state index contributed by atoms with van der Waals surface area (Å²) in [5.74, 6) is -0.742. The van der Waals surface area contributed by atoms with Crippen LogP contribution in [0.2, 0.25) is 0 Å². The molecule has 1 aromatic rings. The van der Waals surface area contributed by atoms with Gasteiger partial charge in [-0.05, 0) is 24.1 Å². The van der Waals surface area contributed by atoms with Crippen molar-refractivity contribution in [2.75, 3.05) is 7.11 Å². The highest BCUT2D eigenvalue weighted by Crippen LogP contribution is 2.30. The van der Waals surface area contributed by atoms with Crippen molar-refractivity contribution in [3.63, 3.8) is 0 Å². The molecule has 0 spiro atoms. The monoisotopic (exact) mass is 248 g/mol.